The Morgan fingerprint density at radius 2 is 0.931 bits per heavy atom. The van der Waals surface area contributed by atoms with Crippen LogP contribution in [-0.2, 0) is 0 Å². The number of hydrogen-bond donors (Lipinski definition) is 0. The molecule has 0 saturated carbocycles. The fraction of sp³-hybridized carbons (Fsp3) is 0.571. The van der Waals surface area contributed by atoms with Crippen LogP contribution in [0, 0.1) is 0 Å². The van der Waals surface area contributed by atoms with Crippen LogP contribution in [0.15, 0.2) is 60.7 Å². The fourth-order valence-electron chi connectivity index (χ4n) is 5.43. The minimum atomic E-state index is -2.89. The predicted octanol–water partition coefficient (Wildman–Crippen LogP) is 7.97. The third kappa shape index (κ3) is 6.61. The molecular formula is C28H44Sn. The van der Waals surface area contributed by atoms with Crippen LogP contribution in [0.5, 0.6) is 0 Å². The van der Waals surface area contributed by atoms with Crippen LogP contribution in [0.1, 0.15) is 91.9 Å². The zero-order valence-corrected chi connectivity index (χ0v) is 22.4. The molecule has 0 amide bonds. The molecule has 0 N–H and O–H groups in total. The van der Waals surface area contributed by atoms with Gasteiger partial charge in [-0.2, -0.15) is 0 Å². The van der Waals surface area contributed by atoms with Crippen LogP contribution in [0.25, 0.3) is 0 Å². The van der Waals surface area contributed by atoms with Crippen molar-refractivity contribution in [3.63, 3.8) is 0 Å². The predicted molar refractivity (Wildman–Crippen MR) is 134 cm³/mol. The summed E-state index contributed by atoms with van der Waals surface area (Å²) in [6.45, 7) is 9.87. The van der Waals surface area contributed by atoms with Gasteiger partial charge in [-0.3, -0.25) is 0 Å². The van der Waals surface area contributed by atoms with E-state index in [1.807, 2.05) is 0 Å². The van der Waals surface area contributed by atoms with Crippen LogP contribution in [-0.4, -0.2) is 18.4 Å². The zero-order valence-electron chi connectivity index (χ0n) is 19.5. The maximum atomic E-state index is 2.62. The van der Waals surface area contributed by atoms with E-state index in [-0.39, 0.29) is 0 Å². The first-order valence-electron chi connectivity index (χ1n) is 12.3. The van der Waals surface area contributed by atoms with Crippen LogP contribution in [0.4, 0.5) is 0 Å². The average Bonchev–Trinajstić information content (AvgIpc) is 2.76. The molecule has 0 fully saturated rings. The van der Waals surface area contributed by atoms with E-state index >= 15 is 0 Å². The summed E-state index contributed by atoms with van der Waals surface area (Å²) in [6, 6.07) is 23.5. The topological polar surface area (TPSA) is 0 Å². The first kappa shape index (κ1) is 24.5. The molecule has 0 bridgehead atoms. The molecule has 2 atom stereocenters. The van der Waals surface area contributed by atoms with Gasteiger partial charge in [0.05, 0.1) is 0 Å². The van der Waals surface area contributed by atoms with Crippen molar-refractivity contribution in [1.82, 2.24) is 0 Å². The molecule has 160 valence electrons. The van der Waals surface area contributed by atoms with Crippen LogP contribution >= 0.6 is 0 Å². The summed E-state index contributed by atoms with van der Waals surface area (Å²) in [6.07, 6.45) is 13.8. The van der Waals surface area contributed by atoms with Crippen molar-refractivity contribution in [3.05, 3.63) is 60.7 Å². The summed E-state index contributed by atoms with van der Waals surface area (Å²) >= 11 is -2.89. The summed E-state index contributed by atoms with van der Waals surface area (Å²) in [5.41, 5.74) is 0. The van der Waals surface area contributed by atoms with Gasteiger partial charge in [0.2, 0.25) is 0 Å². The zero-order chi connectivity index (χ0) is 21.0. The van der Waals surface area contributed by atoms with E-state index in [1.54, 1.807) is 7.16 Å². The summed E-state index contributed by atoms with van der Waals surface area (Å²) in [4.78, 5) is 0. The summed E-state index contributed by atoms with van der Waals surface area (Å²) in [5.74, 6) is 0. The van der Waals surface area contributed by atoms with Crippen molar-refractivity contribution in [1.29, 1.82) is 0 Å². The Labute approximate surface area is 185 Å². The van der Waals surface area contributed by atoms with E-state index in [4.69, 9.17) is 0 Å². The molecule has 2 aromatic carbocycles. The van der Waals surface area contributed by atoms with E-state index in [2.05, 4.69) is 88.4 Å². The monoisotopic (exact) mass is 500 g/mol. The van der Waals surface area contributed by atoms with Gasteiger partial charge >= 0.3 is 186 Å². The molecule has 0 aliphatic heterocycles. The van der Waals surface area contributed by atoms with Crippen molar-refractivity contribution in [2.24, 2.45) is 0 Å². The SMILES string of the molecule is CCCCCC[CH](C)[Sn]([c]1ccccc1)([c]1ccccc1)[CH](C)CCCCCC. The Hall–Kier alpha value is -0.761. The molecular weight excluding hydrogens is 455 g/mol. The first-order chi connectivity index (χ1) is 14.2. The van der Waals surface area contributed by atoms with Crippen molar-refractivity contribution in [2.75, 3.05) is 0 Å². The van der Waals surface area contributed by atoms with Crippen LogP contribution < -0.4 is 7.16 Å². The Balaban J connectivity index is 2.41. The van der Waals surface area contributed by atoms with Crippen molar-refractivity contribution in [2.45, 2.75) is 99.8 Å². The maximum absolute atomic E-state index is 2.89. The third-order valence-electron chi connectivity index (χ3n) is 7.04. The molecule has 0 saturated heterocycles. The molecule has 2 aromatic rings. The number of rotatable bonds is 14. The van der Waals surface area contributed by atoms with Gasteiger partial charge in [0, 0.05) is 0 Å². The average molecular weight is 499 g/mol. The molecule has 0 spiro atoms. The molecule has 2 unspecified atom stereocenters. The molecule has 0 aromatic heterocycles. The Kier molecular flexibility index (Phi) is 11.4. The van der Waals surface area contributed by atoms with Crippen molar-refractivity contribution >= 4 is 25.5 Å². The molecule has 29 heavy (non-hydrogen) atoms. The van der Waals surface area contributed by atoms with E-state index in [1.165, 1.54) is 64.2 Å². The van der Waals surface area contributed by atoms with Gasteiger partial charge in [-0.15, -0.1) is 0 Å². The quantitative estimate of drug-likeness (QED) is 0.183. The van der Waals surface area contributed by atoms with Gasteiger partial charge in [0.15, 0.2) is 0 Å². The number of benzene rings is 2. The van der Waals surface area contributed by atoms with Crippen LogP contribution in [0.3, 0.4) is 0 Å². The second kappa shape index (κ2) is 13.5. The molecule has 0 aliphatic rings. The van der Waals surface area contributed by atoms with E-state index in [9.17, 15) is 0 Å². The second-order valence-corrected chi connectivity index (χ2v) is 23.0. The molecule has 0 radical (unpaired) electrons. The molecule has 0 nitrogen and oxygen atoms in total. The number of unbranched alkanes of at least 4 members (excludes halogenated alkanes) is 6. The molecule has 0 aliphatic carbocycles. The van der Waals surface area contributed by atoms with Crippen LogP contribution in [0.2, 0.25) is 7.87 Å². The Morgan fingerprint density at radius 3 is 1.28 bits per heavy atom. The van der Waals surface area contributed by atoms with Gasteiger partial charge in [-0.05, 0) is 0 Å². The normalized spacial score (nSPS) is 13.9. The minimum absolute atomic E-state index is 0.840. The summed E-state index contributed by atoms with van der Waals surface area (Å²) in [5, 5.41) is 0. The van der Waals surface area contributed by atoms with Gasteiger partial charge in [0.1, 0.15) is 0 Å². The summed E-state index contributed by atoms with van der Waals surface area (Å²) in [7, 11) is 0. The van der Waals surface area contributed by atoms with E-state index in [0.717, 1.165) is 7.87 Å². The van der Waals surface area contributed by atoms with Crippen molar-refractivity contribution < 1.29 is 0 Å². The van der Waals surface area contributed by atoms with E-state index < -0.39 is 18.4 Å². The Bertz CT molecular complexity index is 589. The third-order valence-corrected chi connectivity index (χ3v) is 24.9. The van der Waals surface area contributed by atoms with E-state index in [0.29, 0.717) is 0 Å². The molecule has 2 rings (SSSR count). The van der Waals surface area contributed by atoms with Gasteiger partial charge in [0.25, 0.3) is 0 Å². The molecule has 0 heterocycles. The molecule has 1 heteroatoms. The van der Waals surface area contributed by atoms with Gasteiger partial charge < -0.3 is 0 Å². The number of hydrogen-bond acceptors (Lipinski definition) is 0. The second-order valence-electron chi connectivity index (χ2n) is 9.10. The van der Waals surface area contributed by atoms with Gasteiger partial charge in [-0.1, -0.05) is 0 Å². The standard InChI is InChI=1S/2C8H17.2C6H5.Sn/c2*1-3-5-7-8-6-4-2;2*1-2-4-6-5-3-1;/h2*3H,4-8H2,1-2H3;2*1-5H;. The fourth-order valence-corrected chi connectivity index (χ4v) is 23.7. The van der Waals surface area contributed by atoms with Gasteiger partial charge in [-0.25, -0.2) is 0 Å². The first-order valence-corrected chi connectivity index (χ1v) is 18.4. The summed E-state index contributed by atoms with van der Waals surface area (Å²) < 4.78 is 5.12. The Morgan fingerprint density at radius 1 is 0.552 bits per heavy atom. The van der Waals surface area contributed by atoms with Crippen molar-refractivity contribution in [3.8, 4) is 0 Å².